The number of benzene rings is 2. The molecule has 1 amide bonds. The zero-order chi connectivity index (χ0) is 17.9. The highest BCUT2D eigenvalue weighted by molar-refractivity contribution is 5.73. The van der Waals surface area contributed by atoms with E-state index in [0.717, 1.165) is 32.7 Å². The maximum Gasteiger partial charge on any atom is 0.219 e. The molecule has 2 saturated heterocycles. The molecule has 4 nitrogen and oxygen atoms in total. The Balaban J connectivity index is 1.66. The number of hydrogen-bond acceptors (Lipinski definition) is 3. The molecule has 1 N–H and O–H groups in total. The van der Waals surface area contributed by atoms with Crippen molar-refractivity contribution in [3.8, 4) is 0 Å². The summed E-state index contributed by atoms with van der Waals surface area (Å²) in [5.41, 5.74) is 2.72. The van der Waals surface area contributed by atoms with Crippen LogP contribution in [0.4, 0.5) is 0 Å². The van der Waals surface area contributed by atoms with Crippen molar-refractivity contribution < 1.29 is 4.79 Å². The van der Waals surface area contributed by atoms with Gasteiger partial charge in [-0.25, -0.2) is 0 Å². The van der Waals surface area contributed by atoms with E-state index in [4.69, 9.17) is 0 Å². The van der Waals surface area contributed by atoms with E-state index < -0.39 is 0 Å². The largest absolute Gasteiger partial charge is 0.340 e. The molecule has 4 rings (SSSR count). The number of carbonyl (C=O) groups excluding carboxylic acids is 1. The maximum atomic E-state index is 11.8. The Morgan fingerprint density at radius 2 is 1.58 bits per heavy atom. The quantitative estimate of drug-likeness (QED) is 0.924. The van der Waals surface area contributed by atoms with E-state index in [2.05, 4.69) is 70.9 Å². The molecule has 136 valence electrons. The number of rotatable bonds is 3. The summed E-state index contributed by atoms with van der Waals surface area (Å²) in [6.45, 7) is 6.22. The summed E-state index contributed by atoms with van der Waals surface area (Å²) in [4.78, 5) is 16.4. The standard InChI is InChI=1S/C22H27N3O/c1-17(26)24-12-13-25-20(16-24)14-23-15-21(25)22(18-8-4-2-5-9-18)19-10-6-3-7-11-19/h2-11,20-23H,12-16H2,1H3/t20-,21?/m1/s1. The molecule has 2 atom stereocenters. The van der Waals surface area contributed by atoms with Gasteiger partial charge in [-0.2, -0.15) is 0 Å². The number of fused-ring (bicyclic) bond motifs is 1. The van der Waals surface area contributed by atoms with Crippen LogP contribution in [0.15, 0.2) is 60.7 Å². The molecule has 2 fully saturated rings. The van der Waals surface area contributed by atoms with Crippen molar-refractivity contribution >= 4 is 5.91 Å². The van der Waals surface area contributed by atoms with Gasteiger partial charge in [0.25, 0.3) is 0 Å². The molecular formula is C22H27N3O. The second-order valence-corrected chi connectivity index (χ2v) is 7.38. The molecule has 0 bridgehead atoms. The molecule has 26 heavy (non-hydrogen) atoms. The highest BCUT2D eigenvalue weighted by atomic mass is 16.2. The van der Waals surface area contributed by atoms with E-state index in [9.17, 15) is 4.79 Å². The third kappa shape index (κ3) is 3.39. The fraction of sp³-hybridized carbons (Fsp3) is 0.409. The van der Waals surface area contributed by atoms with Crippen molar-refractivity contribution in [2.24, 2.45) is 0 Å². The lowest BCUT2D eigenvalue weighted by Gasteiger charge is -2.50. The summed E-state index contributed by atoms with van der Waals surface area (Å²) in [6.07, 6.45) is 0. The van der Waals surface area contributed by atoms with Crippen LogP contribution in [-0.2, 0) is 4.79 Å². The molecule has 2 aromatic rings. The van der Waals surface area contributed by atoms with Crippen LogP contribution in [0, 0.1) is 0 Å². The number of carbonyl (C=O) groups is 1. The van der Waals surface area contributed by atoms with Gasteiger partial charge in [-0.05, 0) is 11.1 Å². The smallest absolute Gasteiger partial charge is 0.219 e. The minimum atomic E-state index is 0.189. The van der Waals surface area contributed by atoms with Crippen LogP contribution in [0.1, 0.15) is 24.0 Å². The maximum absolute atomic E-state index is 11.8. The summed E-state index contributed by atoms with van der Waals surface area (Å²) in [5.74, 6) is 0.519. The summed E-state index contributed by atoms with van der Waals surface area (Å²) < 4.78 is 0. The van der Waals surface area contributed by atoms with Crippen LogP contribution in [0.5, 0.6) is 0 Å². The van der Waals surface area contributed by atoms with Crippen LogP contribution < -0.4 is 5.32 Å². The first kappa shape index (κ1) is 17.3. The zero-order valence-electron chi connectivity index (χ0n) is 15.3. The van der Waals surface area contributed by atoms with Gasteiger partial charge >= 0.3 is 0 Å². The number of nitrogens with zero attached hydrogens (tertiary/aromatic N) is 2. The van der Waals surface area contributed by atoms with Crippen LogP contribution in [0.2, 0.25) is 0 Å². The molecule has 4 heteroatoms. The van der Waals surface area contributed by atoms with E-state index in [1.165, 1.54) is 11.1 Å². The Labute approximate surface area is 155 Å². The monoisotopic (exact) mass is 349 g/mol. The second kappa shape index (κ2) is 7.60. The van der Waals surface area contributed by atoms with Crippen LogP contribution in [0.3, 0.4) is 0 Å². The van der Waals surface area contributed by atoms with Crippen molar-refractivity contribution in [1.29, 1.82) is 0 Å². The molecule has 0 spiro atoms. The van der Waals surface area contributed by atoms with Crippen molar-refractivity contribution in [1.82, 2.24) is 15.1 Å². The lowest BCUT2D eigenvalue weighted by Crippen LogP contribution is -2.66. The first-order valence-electron chi connectivity index (χ1n) is 9.56. The zero-order valence-corrected chi connectivity index (χ0v) is 15.3. The lowest BCUT2D eigenvalue weighted by molar-refractivity contribution is -0.133. The predicted octanol–water partition coefficient (Wildman–Crippen LogP) is 2.32. The van der Waals surface area contributed by atoms with Gasteiger partial charge in [0.1, 0.15) is 0 Å². The molecule has 0 radical (unpaired) electrons. The van der Waals surface area contributed by atoms with Gasteiger partial charge in [-0.1, -0.05) is 60.7 Å². The minimum absolute atomic E-state index is 0.189. The molecule has 2 aromatic carbocycles. The topological polar surface area (TPSA) is 35.6 Å². The minimum Gasteiger partial charge on any atom is -0.340 e. The van der Waals surface area contributed by atoms with Crippen LogP contribution in [0.25, 0.3) is 0 Å². The van der Waals surface area contributed by atoms with Gasteiger partial charge in [-0.15, -0.1) is 0 Å². The Morgan fingerprint density at radius 1 is 0.962 bits per heavy atom. The summed E-state index contributed by atoms with van der Waals surface area (Å²) in [6, 6.07) is 22.5. The average Bonchev–Trinajstić information content (AvgIpc) is 2.69. The molecule has 0 aliphatic carbocycles. The lowest BCUT2D eigenvalue weighted by atomic mass is 9.82. The fourth-order valence-electron chi connectivity index (χ4n) is 4.56. The number of nitrogens with one attached hydrogen (secondary N) is 1. The summed E-state index contributed by atoms with van der Waals surface area (Å²) >= 11 is 0. The highest BCUT2D eigenvalue weighted by Crippen LogP contribution is 2.33. The summed E-state index contributed by atoms with van der Waals surface area (Å²) in [5, 5.41) is 3.63. The fourth-order valence-corrected chi connectivity index (χ4v) is 4.56. The van der Waals surface area contributed by atoms with E-state index in [-0.39, 0.29) is 5.91 Å². The molecular weight excluding hydrogens is 322 g/mol. The Hall–Kier alpha value is -2.17. The van der Waals surface area contributed by atoms with Gasteiger partial charge < -0.3 is 10.2 Å². The van der Waals surface area contributed by atoms with E-state index >= 15 is 0 Å². The molecule has 0 aromatic heterocycles. The average molecular weight is 349 g/mol. The van der Waals surface area contributed by atoms with E-state index in [1.807, 2.05) is 4.90 Å². The Bertz CT molecular complexity index is 694. The second-order valence-electron chi connectivity index (χ2n) is 7.38. The van der Waals surface area contributed by atoms with Crippen molar-refractivity contribution in [3.05, 3.63) is 71.8 Å². The first-order valence-corrected chi connectivity index (χ1v) is 9.56. The van der Waals surface area contributed by atoms with Gasteiger partial charge in [-0.3, -0.25) is 9.69 Å². The molecule has 1 unspecified atom stereocenters. The van der Waals surface area contributed by atoms with Gasteiger partial charge in [0.05, 0.1) is 0 Å². The number of piperazine rings is 2. The molecule has 2 aliphatic rings. The molecule has 0 saturated carbocycles. The van der Waals surface area contributed by atoms with E-state index in [1.54, 1.807) is 6.92 Å². The van der Waals surface area contributed by atoms with Crippen molar-refractivity contribution in [3.63, 3.8) is 0 Å². The summed E-state index contributed by atoms with van der Waals surface area (Å²) in [7, 11) is 0. The third-order valence-corrected chi connectivity index (χ3v) is 5.84. The van der Waals surface area contributed by atoms with Gasteiger partial charge in [0.15, 0.2) is 0 Å². The van der Waals surface area contributed by atoms with Crippen LogP contribution in [-0.4, -0.2) is 60.5 Å². The Kier molecular flexibility index (Phi) is 5.05. The predicted molar refractivity (Wildman–Crippen MR) is 104 cm³/mol. The molecule has 2 heterocycles. The third-order valence-electron chi connectivity index (χ3n) is 5.84. The normalized spacial score (nSPS) is 23.7. The number of hydrogen-bond donors (Lipinski definition) is 1. The SMILES string of the molecule is CC(=O)N1CCN2C(C(c3ccccc3)c3ccccc3)CNC[C@@H]2C1. The molecule has 2 aliphatic heterocycles. The highest BCUT2D eigenvalue weighted by Gasteiger charge is 2.39. The van der Waals surface area contributed by atoms with E-state index in [0.29, 0.717) is 18.0 Å². The van der Waals surface area contributed by atoms with Crippen molar-refractivity contribution in [2.75, 3.05) is 32.7 Å². The van der Waals surface area contributed by atoms with Gasteiger partial charge in [0, 0.05) is 57.6 Å². The van der Waals surface area contributed by atoms with Crippen LogP contribution >= 0.6 is 0 Å². The Morgan fingerprint density at radius 3 is 2.15 bits per heavy atom. The van der Waals surface area contributed by atoms with Gasteiger partial charge in [0.2, 0.25) is 5.91 Å². The van der Waals surface area contributed by atoms with Crippen molar-refractivity contribution in [2.45, 2.75) is 24.9 Å². The number of amides is 1. The first-order chi connectivity index (χ1) is 12.7.